The lowest BCUT2D eigenvalue weighted by atomic mass is 10.0. The molecular weight excluding hydrogens is 997 g/mol. The van der Waals surface area contributed by atoms with E-state index in [2.05, 4.69) is 118 Å². The van der Waals surface area contributed by atoms with E-state index in [1.54, 1.807) is 0 Å². The van der Waals surface area contributed by atoms with Crippen molar-refractivity contribution in [2.24, 2.45) is 0 Å². The molecule has 0 aromatic rings. The average molecular weight is 1130 g/mol. The second kappa shape index (κ2) is 68.8. The van der Waals surface area contributed by atoms with Gasteiger partial charge in [-0.25, -0.2) is 0 Å². The molecule has 0 aliphatic carbocycles. The first-order valence-electron chi connectivity index (χ1n) is 34.7. The highest BCUT2D eigenvalue weighted by atomic mass is 16.6. The standard InChI is InChI=1S/C75H130O6/c1-4-7-10-13-16-19-22-25-27-29-31-33-34-35-36-37-38-39-40-42-43-45-47-50-53-56-59-62-65-68-74(77)80-71-72(70-79-73(76)67-64-61-58-55-52-49-24-21-18-15-12-9-6-3)81-75(78)69-66-63-60-57-54-51-48-46-44-41-32-30-28-26-23-20-17-14-11-8-5-2/h7,10,16,19,21,23-27,30-33,35-36,72H,4-6,8-9,11-15,17-18,20,22,28-29,34,37-71H2,1-3H3/b10-7-,19-16-,24-21-,26-23-,27-25-,32-30-,33-31-,36-35-. The van der Waals surface area contributed by atoms with Gasteiger partial charge in [-0.2, -0.15) is 0 Å². The fourth-order valence-electron chi connectivity index (χ4n) is 9.85. The van der Waals surface area contributed by atoms with Crippen LogP contribution in [0.15, 0.2) is 97.2 Å². The van der Waals surface area contributed by atoms with E-state index >= 15 is 0 Å². The summed E-state index contributed by atoms with van der Waals surface area (Å²) in [5.74, 6) is -0.880. The van der Waals surface area contributed by atoms with Crippen LogP contribution in [-0.4, -0.2) is 37.2 Å². The third-order valence-electron chi connectivity index (χ3n) is 15.0. The van der Waals surface area contributed by atoms with Gasteiger partial charge in [-0.1, -0.05) is 298 Å². The van der Waals surface area contributed by atoms with E-state index in [-0.39, 0.29) is 31.1 Å². The van der Waals surface area contributed by atoms with Crippen LogP contribution in [0.4, 0.5) is 0 Å². The molecule has 6 heteroatoms. The summed E-state index contributed by atoms with van der Waals surface area (Å²) in [6.45, 7) is 6.53. The van der Waals surface area contributed by atoms with Crippen molar-refractivity contribution in [1.82, 2.24) is 0 Å². The third kappa shape index (κ3) is 67.0. The maximum Gasteiger partial charge on any atom is 0.306 e. The van der Waals surface area contributed by atoms with Crippen molar-refractivity contribution >= 4 is 17.9 Å². The Morgan fingerprint density at radius 3 is 0.778 bits per heavy atom. The largest absolute Gasteiger partial charge is 0.462 e. The second-order valence-electron chi connectivity index (χ2n) is 23.1. The van der Waals surface area contributed by atoms with Gasteiger partial charge in [0.25, 0.3) is 0 Å². The van der Waals surface area contributed by atoms with Gasteiger partial charge in [0.2, 0.25) is 0 Å². The molecule has 0 aliphatic rings. The Morgan fingerprint density at radius 2 is 0.481 bits per heavy atom. The van der Waals surface area contributed by atoms with Crippen LogP contribution in [0.25, 0.3) is 0 Å². The smallest absolute Gasteiger partial charge is 0.306 e. The van der Waals surface area contributed by atoms with Gasteiger partial charge in [-0.15, -0.1) is 0 Å². The molecule has 0 aliphatic heterocycles. The minimum atomic E-state index is -0.785. The molecule has 0 aromatic carbocycles. The van der Waals surface area contributed by atoms with Gasteiger partial charge in [-0.3, -0.25) is 14.4 Å². The summed E-state index contributed by atoms with van der Waals surface area (Å²) >= 11 is 0. The normalized spacial score (nSPS) is 12.7. The molecule has 0 rings (SSSR count). The summed E-state index contributed by atoms with van der Waals surface area (Å²) in [7, 11) is 0. The zero-order valence-electron chi connectivity index (χ0n) is 53.5. The average Bonchev–Trinajstić information content (AvgIpc) is 3.46. The maximum absolute atomic E-state index is 12.9. The number of unbranched alkanes of at least 4 members (excludes halogenated alkanes) is 36. The van der Waals surface area contributed by atoms with Crippen LogP contribution in [0.1, 0.15) is 342 Å². The fraction of sp³-hybridized carbons (Fsp3) is 0.747. The number of rotatable bonds is 63. The summed E-state index contributed by atoms with van der Waals surface area (Å²) in [6, 6.07) is 0. The maximum atomic E-state index is 12.9. The van der Waals surface area contributed by atoms with Crippen molar-refractivity contribution in [1.29, 1.82) is 0 Å². The predicted octanol–water partition coefficient (Wildman–Crippen LogP) is 24.0. The zero-order chi connectivity index (χ0) is 58.5. The zero-order valence-corrected chi connectivity index (χ0v) is 53.5. The molecule has 0 saturated heterocycles. The highest BCUT2D eigenvalue weighted by Crippen LogP contribution is 2.17. The number of hydrogen-bond acceptors (Lipinski definition) is 6. The van der Waals surface area contributed by atoms with E-state index in [0.29, 0.717) is 19.3 Å². The number of ether oxygens (including phenoxy) is 3. The van der Waals surface area contributed by atoms with E-state index < -0.39 is 6.10 Å². The molecule has 0 fully saturated rings. The van der Waals surface area contributed by atoms with Gasteiger partial charge in [0.05, 0.1) is 0 Å². The van der Waals surface area contributed by atoms with Gasteiger partial charge in [0.1, 0.15) is 13.2 Å². The first-order chi connectivity index (χ1) is 40.0. The van der Waals surface area contributed by atoms with Gasteiger partial charge in [-0.05, 0) is 122 Å². The third-order valence-corrected chi connectivity index (χ3v) is 15.0. The van der Waals surface area contributed by atoms with Crippen LogP contribution in [-0.2, 0) is 28.6 Å². The lowest BCUT2D eigenvalue weighted by Crippen LogP contribution is -2.30. The fourth-order valence-corrected chi connectivity index (χ4v) is 9.85. The molecule has 81 heavy (non-hydrogen) atoms. The Morgan fingerprint density at radius 1 is 0.259 bits per heavy atom. The highest BCUT2D eigenvalue weighted by Gasteiger charge is 2.19. The molecule has 0 spiro atoms. The Labute approximate surface area is 502 Å². The molecule has 0 aromatic heterocycles. The van der Waals surface area contributed by atoms with E-state index in [9.17, 15) is 14.4 Å². The molecular formula is C75H130O6. The number of esters is 3. The molecule has 0 saturated carbocycles. The van der Waals surface area contributed by atoms with Crippen LogP contribution in [0.5, 0.6) is 0 Å². The molecule has 1 unspecified atom stereocenters. The predicted molar refractivity (Wildman–Crippen MR) is 353 cm³/mol. The monoisotopic (exact) mass is 1130 g/mol. The van der Waals surface area contributed by atoms with Gasteiger partial charge in [0.15, 0.2) is 6.10 Å². The summed E-state index contributed by atoms with van der Waals surface area (Å²) in [5.41, 5.74) is 0. The van der Waals surface area contributed by atoms with Crippen molar-refractivity contribution in [3.8, 4) is 0 Å². The summed E-state index contributed by atoms with van der Waals surface area (Å²) < 4.78 is 17.0. The SMILES string of the molecule is CC/C=C\C/C=C\C/C=C\C/C=C\C/C=C\CCCCCCCCCCCCCCCC(=O)OCC(COC(=O)CCCCCCC/C=C\CCCCCC)OC(=O)CCCCCCCCCCC/C=C\C/C=C\CCCCCCC. The van der Waals surface area contributed by atoms with Crippen LogP contribution >= 0.6 is 0 Å². The van der Waals surface area contributed by atoms with Crippen LogP contribution in [0.3, 0.4) is 0 Å². The Hall–Kier alpha value is -3.67. The molecule has 0 N–H and O–H groups in total. The molecule has 0 amide bonds. The highest BCUT2D eigenvalue weighted by molar-refractivity contribution is 5.71. The molecule has 0 radical (unpaired) electrons. The van der Waals surface area contributed by atoms with Gasteiger partial charge in [0, 0.05) is 19.3 Å². The summed E-state index contributed by atoms with van der Waals surface area (Å²) in [6.07, 6.45) is 92.8. The number of carbonyl (C=O) groups excluding carboxylic acids is 3. The molecule has 6 nitrogen and oxygen atoms in total. The topological polar surface area (TPSA) is 78.9 Å². The minimum absolute atomic E-state index is 0.0803. The van der Waals surface area contributed by atoms with Gasteiger partial charge >= 0.3 is 17.9 Å². The van der Waals surface area contributed by atoms with Crippen molar-refractivity contribution in [3.05, 3.63) is 97.2 Å². The van der Waals surface area contributed by atoms with Crippen molar-refractivity contribution in [3.63, 3.8) is 0 Å². The first kappa shape index (κ1) is 77.3. The summed E-state index contributed by atoms with van der Waals surface area (Å²) in [5, 5.41) is 0. The number of hydrogen-bond donors (Lipinski definition) is 0. The summed E-state index contributed by atoms with van der Waals surface area (Å²) in [4.78, 5) is 38.4. The first-order valence-corrected chi connectivity index (χ1v) is 34.7. The Bertz CT molecular complexity index is 1580. The van der Waals surface area contributed by atoms with Crippen molar-refractivity contribution in [2.75, 3.05) is 13.2 Å². The van der Waals surface area contributed by atoms with E-state index in [1.165, 1.54) is 199 Å². The number of allylic oxidation sites excluding steroid dienone is 16. The van der Waals surface area contributed by atoms with Crippen molar-refractivity contribution in [2.45, 2.75) is 348 Å². The Balaban J connectivity index is 4.27. The minimum Gasteiger partial charge on any atom is -0.462 e. The molecule has 466 valence electrons. The lowest BCUT2D eigenvalue weighted by Gasteiger charge is -2.18. The van der Waals surface area contributed by atoms with E-state index in [4.69, 9.17) is 14.2 Å². The van der Waals surface area contributed by atoms with Crippen LogP contribution in [0.2, 0.25) is 0 Å². The van der Waals surface area contributed by atoms with Crippen LogP contribution < -0.4 is 0 Å². The molecule has 1 atom stereocenters. The molecule has 0 heterocycles. The van der Waals surface area contributed by atoms with Crippen LogP contribution in [0, 0.1) is 0 Å². The molecule has 0 bridgehead atoms. The van der Waals surface area contributed by atoms with E-state index in [0.717, 1.165) is 103 Å². The van der Waals surface area contributed by atoms with E-state index in [1.807, 2.05) is 0 Å². The van der Waals surface area contributed by atoms with Gasteiger partial charge < -0.3 is 14.2 Å². The Kier molecular flexibility index (Phi) is 65.7. The van der Waals surface area contributed by atoms with Crippen molar-refractivity contribution < 1.29 is 28.6 Å². The second-order valence-corrected chi connectivity index (χ2v) is 23.1. The lowest BCUT2D eigenvalue weighted by molar-refractivity contribution is -0.167. The quantitative estimate of drug-likeness (QED) is 0.0261. The number of carbonyl (C=O) groups is 3.